The highest BCUT2D eigenvalue weighted by molar-refractivity contribution is 7.09. The van der Waals surface area contributed by atoms with Gasteiger partial charge in [-0.1, -0.05) is 0 Å². The van der Waals surface area contributed by atoms with Gasteiger partial charge in [-0.05, 0) is 25.0 Å². The molecular formula is C20H26N4O6S. The molecule has 0 spiro atoms. The first-order chi connectivity index (χ1) is 14.9. The van der Waals surface area contributed by atoms with E-state index >= 15 is 0 Å². The average molecular weight is 451 g/mol. The summed E-state index contributed by atoms with van der Waals surface area (Å²) in [5.74, 6) is -2.52. The van der Waals surface area contributed by atoms with Crippen molar-refractivity contribution in [1.29, 1.82) is 0 Å². The summed E-state index contributed by atoms with van der Waals surface area (Å²) in [6, 6.07) is 3.83. The van der Waals surface area contributed by atoms with Crippen molar-refractivity contribution >= 4 is 29.2 Å². The lowest BCUT2D eigenvalue weighted by Crippen LogP contribution is -2.49. The zero-order valence-corrected chi connectivity index (χ0v) is 17.9. The van der Waals surface area contributed by atoms with Gasteiger partial charge in [0, 0.05) is 44.6 Å². The summed E-state index contributed by atoms with van der Waals surface area (Å²) in [6.07, 6.45) is 4.00. The molecule has 0 radical (unpaired) electrons. The van der Waals surface area contributed by atoms with Gasteiger partial charge in [-0.15, -0.1) is 11.3 Å². The Morgan fingerprint density at radius 1 is 1.00 bits per heavy atom. The number of piperazine rings is 1. The average Bonchev–Trinajstić information content (AvgIpc) is 3.52. The normalized spacial score (nSPS) is 17.2. The lowest BCUT2D eigenvalue weighted by molar-refractivity contribution is -0.159. The number of hydrogen-bond acceptors (Lipinski definition) is 8. The number of aromatic nitrogens is 1. The Morgan fingerprint density at radius 2 is 1.65 bits per heavy atom. The number of carboxylic acid groups (broad SMARTS) is 2. The number of thiazole rings is 1. The predicted octanol–water partition coefficient (Wildman–Crippen LogP) is 1.30. The molecule has 2 fully saturated rings. The number of rotatable bonds is 5. The number of carboxylic acids is 2. The molecule has 2 N–H and O–H groups in total. The van der Waals surface area contributed by atoms with Crippen molar-refractivity contribution in [3.8, 4) is 11.5 Å². The molecule has 0 bridgehead atoms. The molecule has 0 saturated carbocycles. The van der Waals surface area contributed by atoms with Crippen LogP contribution < -0.4 is 0 Å². The Hall–Kier alpha value is -2.76. The molecule has 0 aromatic carbocycles. The smallest absolute Gasteiger partial charge is 0.414 e. The second kappa shape index (κ2) is 11.0. The first kappa shape index (κ1) is 22.9. The van der Waals surface area contributed by atoms with E-state index in [1.807, 2.05) is 17.0 Å². The summed E-state index contributed by atoms with van der Waals surface area (Å²) < 4.78 is 5.40. The van der Waals surface area contributed by atoms with Gasteiger partial charge < -0.3 is 19.5 Å². The van der Waals surface area contributed by atoms with Gasteiger partial charge >= 0.3 is 11.9 Å². The topological polar surface area (TPSA) is 127 Å². The van der Waals surface area contributed by atoms with E-state index < -0.39 is 11.9 Å². The van der Waals surface area contributed by atoms with E-state index in [2.05, 4.69) is 20.2 Å². The number of hydrogen-bond donors (Lipinski definition) is 2. The number of likely N-dealkylation sites (tertiary alicyclic amines) is 1. The molecule has 0 unspecified atom stereocenters. The minimum absolute atomic E-state index is 0.300. The Bertz CT molecular complexity index is 858. The number of nitrogens with zero attached hydrogens (tertiary/aromatic N) is 4. The summed E-state index contributed by atoms with van der Waals surface area (Å²) >= 11 is 1.68. The second-order valence-corrected chi connectivity index (χ2v) is 8.30. The molecule has 1 amide bonds. The van der Waals surface area contributed by atoms with Crippen molar-refractivity contribution < 1.29 is 29.0 Å². The molecule has 2 aromatic rings. The van der Waals surface area contributed by atoms with Crippen LogP contribution in [0.1, 0.15) is 17.8 Å². The minimum atomic E-state index is -1.82. The molecule has 11 heteroatoms. The quantitative estimate of drug-likeness (QED) is 0.648. The van der Waals surface area contributed by atoms with Crippen LogP contribution in [0.5, 0.6) is 0 Å². The minimum Gasteiger partial charge on any atom is -0.473 e. The molecule has 4 rings (SSSR count). The van der Waals surface area contributed by atoms with Gasteiger partial charge in [-0.2, -0.15) is 0 Å². The summed E-state index contributed by atoms with van der Waals surface area (Å²) in [6.45, 7) is 7.23. The van der Waals surface area contributed by atoms with Gasteiger partial charge in [0.15, 0.2) is 5.76 Å². The number of carbonyl (C=O) groups excluding carboxylic acids is 1. The van der Waals surface area contributed by atoms with Crippen molar-refractivity contribution in [2.24, 2.45) is 0 Å². The maximum absolute atomic E-state index is 12.3. The Morgan fingerprint density at radius 3 is 2.23 bits per heavy atom. The van der Waals surface area contributed by atoms with E-state index in [1.165, 1.54) is 0 Å². The highest BCUT2D eigenvalue weighted by Crippen LogP contribution is 2.23. The number of carbonyl (C=O) groups is 3. The van der Waals surface area contributed by atoms with Crippen molar-refractivity contribution in [2.45, 2.75) is 19.4 Å². The highest BCUT2D eigenvalue weighted by atomic mass is 32.1. The zero-order chi connectivity index (χ0) is 22.2. The molecule has 2 saturated heterocycles. The van der Waals surface area contributed by atoms with Crippen LogP contribution in [0.15, 0.2) is 28.2 Å². The maximum Gasteiger partial charge on any atom is 0.414 e. The van der Waals surface area contributed by atoms with Crippen molar-refractivity contribution in [1.82, 2.24) is 19.7 Å². The summed E-state index contributed by atoms with van der Waals surface area (Å²) in [5, 5.41) is 18.0. The van der Waals surface area contributed by atoms with Gasteiger partial charge in [0.25, 0.3) is 0 Å². The maximum atomic E-state index is 12.3. The molecule has 4 heterocycles. The predicted molar refractivity (Wildman–Crippen MR) is 113 cm³/mol. The second-order valence-electron chi connectivity index (χ2n) is 7.35. The van der Waals surface area contributed by atoms with Gasteiger partial charge in [-0.3, -0.25) is 14.6 Å². The van der Waals surface area contributed by atoms with Crippen LogP contribution in [-0.4, -0.2) is 93.6 Å². The fourth-order valence-electron chi connectivity index (χ4n) is 3.48. The van der Waals surface area contributed by atoms with Crippen molar-refractivity contribution in [3.05, 3.63) is 28.8 Å². The Labute approximate surface area is 183 Å². The van der Waals surface area contributed by atoms with E-state index in [0.717, 1.165) is 75.1 Å². The molecule has 31 heavy (non-hydrogen) atoms. The summed E-state index contributed by atoms with van der Waals surface area (Å²) in [4.78, 5) is 41.8. The van der Waals surface area contributed by atoms with Gasteiger partial charge in [0.2, 0.25) is 5.91 Å². The fourth-order valence-corrected chi connectivity index (χ4v) is 4.30. The number of amides is 1. The molecule has 10 nitrogen and oxygen atoms in total. The van der Waals surface area contributed by atoms with Gasteiger partial charge in [0.05, 0.1) is 19.4 Å². The summed E-state index contributed by atoms with van der Waals surface area (Å²) in [7, 11) is 0. The van der Waals surface area contributed by atoms with Crippen LogP contribution in [0.3, 0.4) is 0 Å². The third-order valence-electron chi connectivity index (χ3n) is 5.15. The fraction of sp³-hybridized carbons (Fsp3) is 0.500. The van der Waals surface area contributed by atoms with E-state index in [-0.39, 0.29) is 0 Å². The van der Waals surface area contributed by atoms with E-state index in [0.29, 0.717) is 12.5 Å². The standard InChI is InChI=1S/C18H24N4O2S.C2H2O4/c23-18(22-5-1-2-6-22)13-21-9-7-20(8-10-21)12-17-19-15(14-25-17)16-4-3-11-24-16;3-1(4)2(5)6/h3-4,11,14H,1-2,5-10,12-13H2;(H,3,4)(H,5,6). The van der Waals surface area contributed by atoms with Gasteiger partial charge in [0.1, 0.15) is 10.7 Å². The van der Waals surface area contributed by atoms with Crippen LogP contribution >= 0.6 is 11.3 Å². The Balaban J connectivity index is 0.000000401. The van der Waals surface area contributed by atoms with E-state index in [4.69, 9.17) is 24.2 Å². The SMILES string of the molecule is O=C(CN1CCN(Cc2nc(-c3ccco3)cs2)CC1)N1CCCC1.O=C(O)C(=O)O. The van der Waals surface area contributed by atoms with Gasteiger partial charge in [-0.25, -0.2) is 14.6 Å². The summed E-state index contributed by atoms with van der Waals surface area (Å²) in [5.41, 5.74) is 0.917. The van der Waals surface area contributed by atoms with Crippen LogP contribution in [-0.2, 0) is 20.9 Å². The molecule has 2 aliphatic heterocycles. The first-order valence-corrected chi connectivity index (χ1v) is 11.0. The van der Waals surface area contributed by atoms with Crippen LogP contribution in [0.2, 0.25) is 0 Å². The third kappa shape index (κ3) is 6.88. The van der Waals surface area contributed by atoms with Crippen LogP contribution in [0.4, 0.5) is 0 Å². The molecule has 0 atom stereocenters. The molecule has 2 aromatic heterocycles. The van der Waals surface area contributed by atoms with E-state index in [1.54, 1.807) is 17.6 Å². The third-order valence-corrected chi connectivity index (χ3v) is 5.98. The lowest BCUT2D eigenvalue weighted by atomic mass is 10.3. The van der Waals surface area contributed by atoms with E-state index in [9.17, 15) is 4.79 Å². The molecule has 2 aliphatic rings. The van der Waals surface area contributed by atoms with Crippen LogP contribution in [0, 0.1) is 0 Å². The van der Waals surface area contributed by atoms with Crippen LogP contribution in [0.25, 0.3) is 11.5 Å². The first-order valence-electron chi connectivity index (χ1n) is 10.1. The molecule has 0 aliphatic carbocycles. The molecular weight excluding hydrogens is 424 g/mol. The highest BCUT2D eigenvalue weighted by Gasteiger charge is 2.23. The number of furan rings is 1. The van der Waals surface area contributed by atoms with Crippen molar-refractivity contribution in [2.75, 3.05) is 45.8 Å². The monoisotopic (exact) mass is 450 g/mol. The molecule has 168 valence electrons. The largest absolute Gasteiger partial charge is 0.473 e. The van der Waals surface area contributed by atoms with Crippen molar-refractivity contribution in [3.63, 3.8) is 0 Å². The lowest BCUT2D eigenvalue weighted by Gasteiger charge is -2.34. The Kier molecular flexibility index (Phi) is 8.15. The zero-order valence-electron chi connectivity index (χ0n) is 17.1. The number of aliphatic carboxylic acids is 2.